The van der Waals surface area contributed by atoms with Gasteiger partial charge in [-0.1, -0.05) is 15.9 Å². The Balaban J connectivity index is 2.20. The van der Waals surface area contributed by atoms with Gasteiger partial charge in [-0.25, -0.2) is 5.01 Å². The van der Waals surface area contributed by atoms with Crippen LogP contribution in [0.25, 0.3) is 0 Å². The van der Waals surface area contributed by atoms with Crippen LogP contribution >= 0.6 is 15.9 Å². The van der Waals surface area contributed by atoms with Crippen molar-refractivity contribution in [2.75, 3.05) is 26.3 Å². The van der Waals surface area contributed by atoms with Crippen LogP contribution in [-0.2, 0) is 10.9 Å². The molecule has 1 N–H and O–H groups in total. The number of amides is 1. The van der Waals surface area contributed by atoms with Crippen LogP contribution in [0.4, 0.5) is 13.2 Å². The minimum Gasteiger partial charge on any atom is -0.379 e. The molecule has 8 heteroatoms. The number of benzene rings is 1. The van der Waals surface area contributed by atoms with Gasteiger partial charge in [-0.05, 0) is 18.2 Å². The van der Waals surface area contributed by atoms with Crippen LogP contribution in [0.3, 0.4) is 0 Å². The van der Waals surface area contributed by atoms with Crippen molar-refractivity contribution < 1.29 is 22.7 Å². The van der Waals surface area contributed by atoms with Crippen LogP contribution < -0.4 is 5.43 Å². The number of nitrogens with one attached hydrogen (secondary N) is 1. The van der Waals surface area contributed by atoms with Crippen molar-refractivity contribution in [1.82, 2.24) is 10.4 Å². The summed E-state index contributed by atoms with van der Waals surface area (Å²) in [5, 5.41) is 1.55. The van der Waals surface area contributed by atoms with Crippen LogP contribution in [0, 0.1) is 0 Å². The first kappa shape index (κ1) is 15.3. The average Bonchev–Trinajstić information content (AvgIpc) is 2.38. The summed E-state index contributed by atoms with van der Waals surface area (Å²) in [5.41, 5.74) is 1.11. The van der Waals surface area contributed by atoms with E-state index in [9.17, 15) is 18.0 Å². The smallest absolute Gasteiger partial charge is 0.379 e. The number of carbonyl (C=O) groups is 1. The molecular formula is C12H12BrF3N2O2. The number of alkyl halides is 3. The highest BCUT2D eigenvalue weighted by Crippen LogP contribution is 2.33. The Bertz CT molecular complexity index is 502. The zero-order valence-electron chi connectivity index (χ0n) is 10.3. The van der Waals surface area contributed by atoms with Gasteiger partial charge in [0.15, 0.2) is 0 Å². The van der Waals surface area contributed by atoms with Gasteiger partial charge in [0, 0.05) is 17.6 Å². The molecule has 0 bridgehead atoms. The van der Waals surface area contributed by atoms with Gasteiger partial charge in [-0.3, -0.25) is 10.2 Å². The molecule has 0 radical (unpaired) electrons. The normalized spacial score (nSPS) is 17.0. The molecule has 4 nitrogen and oxygen atoms in total. The third-order valence-electron chi connectivity index (χ3n) is 2.80. The van der Waals surface area contributed by atoms with E-state index in [2.05, 4.69) is 21.4 Å². The quantitative estimate of drug-likeness (QED) is 0.888. The lowest BCUT2D eigenvalue weighted by molar-refractivity contribution is -0.138. The van der Waals surface area contributed by atoms with Crippen molar-refractivity contribution >= 4 is 21.8 Å². The third kappa shape index (κ3) is 3.71. The van der Waals surface area contributed by atoms with Gasteiger partial charge in [0.1, 0.15) is 0 Å². The predicted molar refractivity (Wildman–Crippen MR) is 69.0 cm³/mol. The summed E-state index contributed by atoms with van der Waals surface area (Å²) in [5.74, 6) is -0.772. The molecule has 1 aromatic carbocycles. The minimum atomic E-state index is -4.58. The second-order valence-electron chi connectivity index (χ2n) is 4.23. The molecule has 1 amide bonds. The number of morpholine rings is 1. The summed E-state index contributed by atoms with van der Waals surface area (Å²) in [7, 11) is 0. The molecule has 0 unspecified atom stereocenters. The second-order valence-corrected chi connectivity index (χ2v) is 5.14. The summed E-state index contributed by atoms with van der Waals surface area (Å²) in [6, 6.07) is 3.46. The van der Waals surface area contributed by atoms with Gasteiger partial charge in [0.05, 0.1) is 24.3 Å². The third-order valence-corrected chi connectivity index (χ3v) is 3.30. The van der Waals surface area contributed by atoms with E-state index in [4.69, 9.17) is 4.74 Å². The monoisotopic (exact) mass is 352 g/mol. The standard InChI is InChI=1S/C12H12BrF3N2O2/c13-8-1-2-9(10(7-8)12(14,15)16)11(19)17-18-3-5-20-6-4-18/h1-2,7H,3-6H2,(H,17,19). The van der Waals surface area contributed by atoms with E-state index in [-0.39, 0.29) is 4.47 Å². The average molecular weight is 353 g/mol. The van der Waals surface area contributed by atoms with Crippen molar-refractivity contribution in [3.05, 3.63) is 33.8 Å². The molecular weight excluding hydrogens is 341 g/mol. The predicted octanol–water partition coefficient (Wildman–Crippen LogP) is 2.44. The molecule has 1 heterocycles. The van der Waals surface area contributed by atoms with E-state index in [0.717, 1.165) is 12.1 Å². The van der Waals surface area contributed by atoms with Gasteiger partial charge >= 0.3 is 6.18 Å². The van der Waals surface area contributed by atoms with Gasteiger partial charge in [-0.15, -0.1) is 0 Å². The Kier molecular flexibility index (Phi) is 4.66. The number of rotatable bonds is 2. The molecule has 1 aliphatic rings. The fourth-order valence-corrected chi connectivity index (χ4v) is 2.19. The summed E-state index contributed by atoms with van der Waals surface area (Å²) >= 11 is 2.98. The number of hydrogen-bond acceptors (Lipinski definition) is 3. The number of hydrazine groups is 1. The second kappa shape index (κ2) is 6.11. The first-order valence-corrected chi connectivity index (χ1v) is 6.67. The maximum atomic E-state index is 12.9. The molecule has 0 aliphatic carbocycles. The van der Waals surface area contributed by atoms with Crippen molar-refractivity contribution in [3.63, 3.8) is 0 Å². The van der Waals surface area contributed by atoms with Crippen molar-refractivity contribution in [2.45, 2.75) is 6.18 Å². The van der Waals surface area contributed by atoms with E-state index in [1.807, 2.05) is 0 Å². The van der Waals surface area contributed by atoms with E-state index < -0.39 is 23.2 Å². The highest BCUT2D eigenvalue weighted by Gasteiger charge is 2.35. The Hall–Kier alpha value is -1.12. The highest BCUT2D eigenvalue weighted by atomic mass is 79.9. The summed E-state index contributed by atoms with van der Waals surface area (Å²) in [6.45, 7) is 1.77. The number of carbonyl (C=O) groups excluding carboxylic acids is 1. The Labute approximate surface area is 122 Å². The first-order chi connectivity index (χ1) is 9.38. The summed E-state index contributed by atoms with van der Waals surface area (Å²) < 4.78 is 44.2. The van der Waals surface area contributed by atoms with Crippen LogP contribution in [-0.4, -0.2) is 37.2 Å². The fourth-order valence-electron chi connectivity index (χ4n) is 1.83. The van der Waals surface area contributed by atoms with E-state index >= 15 is 0 Å². The van der Waals surface area contributed by atoms with Crippen LogP contribution in [0.2, 0.25) is 0 Å². The topological polar surface area (TPSA) is 41.6 Å². The molecule has 2 rings (SSSR count). The van der Waals surface area contributed by atoms with Gasteiger partial charge < -0.3 is 4.74 Å². The maximum absolute atomic E-state index is 12.9. The molecule has 1 saturated heterocycles. The highest BCUT2D eigenvalue weighted by molar-refractivity contribution is 9.10. The van der Waals surface area contributed by atoms with Gasteiger partial charge in [0.2, 0.25) is 0 Å². The van der Waals surface area contributed by atoms with Crippen molar-refractivity contribution in [3.8, 4) is 0 Å². The lowest BCUT2D eigenvalue weighted by Crippen LogP contribution is -2.48. The molecule has 0 atom stereocenters. The lowest BCUT2D eigenvalue weighted by atomic mass is 10.1. The molecule has 20 heavy (non-hydrogen) atoms. The zero-order valence-corrected chi connectivity index (χ0v) is 11.9. The van der Waals surface area contributed by atoms with Crippen LogP contribution in [0.15, 0.2) is 22.7 Å². The first-order valence-electron chi connectivity index (χ1n) is 5.88. The molecule has 0 spiro atoms. The van der Waals surface area contributed by atoms with Crippen LogP contribution in [0.5, 0.6) is 0 Å². The summed E-state index contributed by atoms with van der Waals surface area (Å²) in [4.78, 5) is 12.0. The minimum absolute atomic E-state index is 0.271. The Morgan fingerprint density at radius 1 is 1.30 bits per heavy atom. The Morgan fingerprint density at radius 2 is 1.95 bits per heavy atom. The van der Waals surface area contributed by atoms with Gasteiger partial charge in [-0.2, -0.15) is 13.2 Å². The van der Waals surface area contributed by atoms with E-state index in [1.165, 1.54) is 6.07 Å². The number of nitrogens with zero attached hydrogens (tertiary/aromatic N) is 1. The number of ether oxygens (including phenoxy) is 1. The molecule has 110 valence electrons. The lowest BCUT2D eigenvalue weighted by Gasteiger charge is -2.27. The Morgan fingerprint density at radius 3 is 2.55 bits per heavy atom. The molecule has 0 aromatic heterocycles. The largest absolute Gasteiger partial charge is 0.417 e. The molecule has 1 aliphatic heterocycles. The molecule has 0 saturated carbocycles. The molecule has 1 aromatic rings. The van der Waals surface area contributed by atoms with E-state index in [1.54, 1.807) is 5.01 Å². The zero-order chi connectivity index (χ0) is 14.8. The van der Waals surface area contributed by atoms with Crippen molar-refractivity contribution in [1.29, 1.82) is 0 Å². The SMILES string of the molecule is O=C(NN1CCOCC1)c1ccc(Br)cc1C(F)(F)F. The van der Waals surface area contributed by atoms with Crippen LogP contribution in [0.1, 0.15) is 15.9 Å². The number of halogens is 4. The maximum Gasteiger partial charge on any atom is 0.417 e. The van der Waals surface area contributed by atoms with Crippen molar-refractivity contribution in [2.24, 2.45) is 0 Å². The van der Waals surface area contributed by atoms with E-state index in [0.29, 0.717) is 26.3 Å². The molecule has 1 fully saturated rings. The fraction of sp³-hybridized carbons (Fsp3) is 0.417. The number of hydrogen-bond donors (Lipinski definition) is 1. The van der Waals surface area contributed by atoms with Gasteiger partial charge in [0.25, 0.3) is 5.91 Å². The summed E-state index contributed by atoms with van der Waals surface area (Å²) in [6.07, 6.45) is -4.58.